The quantitative estimate of drug-likeness (QED) is 0.147. The molecule has 1 aromatic rings. The van der Waals surface area contributed by atoms with E-state index in [-0.39, 0.29) is 12.2 Å². The van der Waals surface area contributed by atoms with Crippen molar-refractivity contribution in [1.29, 1.82) is 0 Å². The van der Waals surface area contributed by atoms with Crippen LogP contribution in [0.5, 0.6) is 5.75 Å². The zero-order valence-corrected chi connectivity index (χ0v) is 18.7. The van der Waals surface area contributed by atoms with Crippen LogP contribution in [0.1, 0.15) is 89.5 Å². The van der Waals surface area contributed by atoms with Crippen molar-refractivity contribution in [1.82, 2.24) is 0 Å². The summed E-state index contributed by atoms with van der Waals surface area (Å²) in [4.78, 5) is 0. The van der Waals surface area contributed by atoms with Crippen LogP contribution in [0.2, 0.25) is 0 Å². The monoisotopic (exact) mass is 402 g/mol. The lowest BCUT2D eigenvalue weighted by Crippen LogP contribution is -2.17. The molecule has 0 aromatic heterocycles. The minimum Gasteiger partial charge on any atom is -0.497 e. The molecule has 164 valence electrons. The van der Waals surface area contributed by atoms with Crippen molar-refractivity contribution in [2.75, 3.05) is 13.7 Å². The predicted molar refractivity (Wildman–Crippen MR) is 122 cm³/mol. The number of unbranched alkanes of at least 4 members (excludes halogenated alkanes) is 11. The Hall–Kier alpha value is -1.32. The molecule has 0 spiro atoms. The summed E-state index contributed by atoms with van der Waals surface area (Å²) in [5, 5.41) is 0. The molecule has 1 aliphatic rings. The van der Waals surface area contributed by atoms with Crippen LogP contribution in [0.25, 0.3) is 0 Å². The van der Waals surface area contributed by atoms with Crippen molar-refractivity contribution >= 4 is 0 Å². The topological polar surface area (TPSA) is 31.0 Å². The minimum atomic E-state index is 0.0739. The second-order valence-corrected chi connectivity index (χ2v) is 8.25. The summed E-state index contributed by atoms with van der Waals surface area (Å²) in [5.41, 5.74) is 1.16. The van der Waals surface area contributed by atoms with Crippen molar-refractivity contribution in [3.8, 4) is 5.75 Å². The lowest BCUT2D eigenvalue weighted by molar-refractivity contribution is 0.0524. The molecule has 3 heteroatoms. The molecule has 1 heterocycles. The minimum absolute atomic E-state index is 0.0739. The Morgan fingerprint density at radius 1 is 0.931 bits per heavy atom. The van der Waals surface area contributed by atoms with E-state index >= 15 is 0 Å². The second-order valence-electron chi connectivity index (χ2n) is 8.25. The molecule has 0 amide bonds. The van der Waals surface area contributed by atoms with Crippen LogP contribution < -0.4 is 4.74 Å². The van der Waals surface area contributed by atoms with Gasteiger partial charge in [0.25, 0.3) is 0 Å². The van der Waals surface area contributed by atoms with Crippen molar-refractivity contribution in [3.63, 3.8) is 0 Å². The van der Waals surface area contributed by atoms with E-state index in [1.165, 1.54) is 70.6 Å². The summed E-state index contributed by atoms with van der Waals surface area (Å²) in [7, 11) is 1.69. The summed E-state index contributed by atoms with van der Waals surface area (Å²) in [6, 6.07) is 8.06. The molecule has 3 nitrogen and oxygen atoms in total. The van der Waals surface area contributed by atoms with E-state index in [9.17, 15) is 0 Å². The van der Waals surface area contributed by atoms with E-state index in [1.54, 1.807) is 7.11 Å². The van der Waals surface area contributed by atoms with E-state index in [1.807, 2.05) is 12.1 Å². The van der Waals surface area contributed by atoms with Crippen LogP contribution in [0.4, 0.5) is 0 Å². The normalized spacial score (nSPS) is 17.0. The van der Waals surface area contributed by atoms with Gasteiger partial charge in [-0.2, -0.15) is 0 Å². The Labute approximate surface area is 178 Å². The third kappa shape index (κ3) is 11.4. The van der Waals surface area contributed by atoms with Crippen molar-refractivity contribution in [2.45, 2.75) is 103 Å². The summed E-state index contributed by atoms with van der Waals surface area (Å²) in [6.07, 6.45) is 21.3. The fourth-order valence-electron chi connectivity index (χ4n) is 3.60. The highest BCUT2D eigenvalue weighted by atomic mass is 16.6. The zero-order valence-electron chi connectivity index (χ0n) is 18.7. The maximum atomic E-state index is 6.08. The molecule has 0 N–H and O–H groups in total. The third-order valence-electron chi connectivity index (χ3n) is 5.63. The molecule has 0 unspecified atom stereocenters. The number of ether oxygens (including phenoxy) is 3. The zero-order chi connectivity index (χ0) is 20.6. The van der Waals surface area contributed by atoms with E-state index in [4.69, 9.17) is 14.2 Å². The van der Waals surface area contributed by atoms with Gasteiger partial charge in [-0.1, -0.05) is 95.4 Å². The van der Waals surface area contributed by atoms with Crippen molar-refractivity contribution < 1.29 is 14.2 Å². The average Bonchev–Trinajstić information content (AvgIpc) is 3.59. The molecule has 0 aliphatic carbocycles. The highest BCUT2D eigenvalue weighted by Crippen LogP contribution is 2.21. The Morgan fingerprint density at radius 3 is 2.07 bits per heavy atom. The first-order chi connectivity index (χ1) is 14.3. The van der Waals surface area contributed by atoms with Gasteiger partial charge in [-0.15, -0.1) is 0 Å². The fourth-order valence-corrected chi connectivity index (χ4v) is 3.60. The van der Waals surface area contributed by atoms with Crippen LogP contribution in [0.3, 0.4) is 0 Å². The van der Waals surface area contributed by atoms with Gasteiger partial charge in [0.2, 0.25) is 0 Å². The molecular formula is C26H42O3. The number of methoxy groups -OCH3 is 1. The summed E-state index contributed by atoms with van der Waals surface area (Å²) < 4.78 is 16.7. The van der Waals surface area contributed by atoms with Gasteiger partial charge < -0.3 is 14.2 Å². The lowest BCUT2D eigenvalue weighted by atomic mass is 10.1. The van der Waals surface area contributed by atoms with Gasteiger partial charge in [0.05, 0.1) is 20.3 Å². The molecule has 1 aromatic carbocycles. The van der Waals surface area contributed by atoms with Crippen LogP contribution in [-0.2, 0) is 16.1 Å². The molecule has 2 rings (SSSR count). The summed E-state index contributed by atoms with van der Waals surface area (Å²) in [6.45, 7) is 3.71. The van der Waals surface area contributed by atoms with E-state index < -0.39 is 0 Å². The number of rotatable bonds is 18. The number of epoxide rings is 1. The van der Waals surface area contributed by atoms with Gasteiger partial charge >= 0.3 is 0 Å². The van der Waals surface area contributed by atoms with Crippen LogP contribution in [0, 0.1) is 0 Å². The highest BCUT2D eigenvalue weighted by molar-refractivity contribution is 5.26. The first-order valence-electron chi connectivity index (χ1n) is 11.9. The molecule has 2 atom stereocenters. The Bertz CT molecular complexity index is 533. The predicted octanol–water partition coefficient (Wildman–Crippen LogP) is 7.24. The third-order valence-corrected chi connectivity index (χ3v) is 5.63. The molecule has 0 saturated carbocycles. The first-order valence-corrected chi connectivity index (χ1v) is 11.9. The number of benzene rings is 1. The average molecular weight is 403 g/mol. The molecule has 0 bridgehead atoms. The molecular weight excluding hydrogens is 360 g/mol. The van der Waals surface area contributed by atoms with Crippen LogP contribution in [0.15, 0.2) is 36.4 Å². The molecule has 1 aliphatic heterocycles. The van der Waals surface area contributed by atoms with E-state index in [0.717, 1.165) is 24.3 Å². The SMILES string of the molecule is CCCCCCCCCCCCC/C=C/[C@@H](OCc1ccc(OC)cc1)[C@H]1CO1. The van der Waals surface area contributed by atoms with Gasteiger partial charge in [-0.3, -0.25) is 0 Å². The standard InChI is InChI=1S/C26H42O3/c1-3-4-5-6-7-8-9-10-11-12-13-14-15-16-25(26-22-29-26)28-21-23-17-19-24(27-2)20-18-23/h15-20,25-26H,3-14,21-22H2,1-2H3/b16-15+/t25-,26-/m1/s1. The molecule has 0 radical (unpaired) electrons. The Kier molecular flexibility index (Phi) is 12.8. The Balaban J connectivity index is 1.49. The fraction of sp³-hybridized carbons (Fsp3) is 0.692. The van der Waals surface area contributed by atoms with E-state index in [0.29, 0.717) is 6.61 Å². The van der Waals surface area contributed by atoms with Gasteiger partial charge in [-0.05, 0) is 30.5 Å². The van der Waals surface area contributed by atoms with Gasteiger partial charge in [0.15, 0.2) is 0 Å². The highest BCUT2D eigenvalue weighted by Gasteiger charge is 2.31. The van der Waals surface area contributed by atoms with E-state index in [2.05, 4.69) is 31.2 Å². The molecule has 1 saturated heterocycles. The van der Waals surface area contributed by atoms with Crippen LogP contribution >= 0.6 is 0 Å². The number of hydrogen-bond acceptors (Lipinski definition) is 3. The van der Waals surface area contributed by atoms with Crippen LogP contribution in [-0.4, -0.2) is 25.9 Å². The molecule has 1 fully saturated rings. The summed E-state index contributed by atoms with van der Waals surface area (Å²) in [5.74, 6) is 0.877. The number of allylic oxidation sites excluding steroid dienone is 1. The largest absolute Gasteiger partial charge is 0.497 e. The smallest absolute Gasteiger partial charge is 0.118 e. The lowest BCUT2D eigenvalue weighted by Gasteiger charge is -2.12. The van der Waals surface area contributed by atoms with Gasteiger partial charge in [0, 0.05) is 0 Å². The summed E-state index contributed by atoms with van der Waals surface area (Å²) >= 11 is 0. The second kappa shape index (κ2) is 15.5. The first kappa shape index (κ1) is 24.0. The van der Waals surface area contributed by atoms with Crippen molar-refractivity contribution in [2.24, 2.45) is 0 Å². The van der Waals surface area contributed by atoms with Gasteiger partial charge in [-0.25, -0.2) is 0 Å². The molecule has 29 heavy (non-hydrogen) atoms. The van der Waals surface area contributed by atoms with Crippen molar-refractivity contribution in [3.05, 3.63) is 42.0 Å². The van der Waals surface area contributed by atoms with Gasteiger partial charge in [0.1, 0.15) is 18.0 Å². The maximum absolute atomic E-state index is 6.08. The number of hydrogen-bond donors (Lipinski definition) is 0. The maximum Gasteiger partial charge on any atom is 0.118 e. The Morgan fingerprint density at radius 2 is 1.52 bits per heavy atom.